The topological polar surface area (TPSA) is 96.0 Å². The zero-order valence-corrected chi connectivity index (χ0v) is 13.5. The van der Waals surface area contributed by atoms with Gasteiger partial charge >= 0.3 is 0 Å². The number of rotatable bonds is 8. The summed E-state index contributed by atoms with van der Waals surface area (Å²) in [5.74, 6) is 0.617. The van der Waals surface area contributed by atoms with Gasteiger partial charge in [0, 0.05) is 0 Å². The number of hydrogen-bond donors (Lipinski definition) is 0. The zero-order valence-electron chi connectivity index (χ0n) is 11.9. The molecule has 2 heterocycles. The number of sulfone groups is 2. The molecule has 0 aromatic heterocycles. The predicted octanol–water partition coefficient (Wildman–Crippen LogP) is -0.590. The molecule has 0 aliphatic carbocycles. The first-order chi connectivity index (χ1) is 9.86. The summed E-state index contributed by atoms with van der Waals surface area (Å²) in [5.41, 5.74) is 0. The van der Waals surface area contributed by atoms with Crippen molar-refractivity contribution in [3.05, 3.63) is 0 Å². The summed E-state index contributed by atoms with van der Waals surface area (Å²) in [6.45, 7) is 1.47. The lowest BCUT2D eigenvalue weighted by atomic mass is 10.3. The first-order valence-electron chi connectivity index (χ1n) is 7.08. The van der Waals surface area contributed by atoms with Crippen molar-refractivity contribution in [2.45, 2.75) is 25.0 Å². The third kappa shape index (κ3) is 6.19. The van der Waals surface area contributed by atoms with Crippen LogP contribution in [0.1, 0.15) is 12.8 Å². The van der Waals surface area contributed by atoms with Gasteiger partial charge in [-0.3, -0.25) is 0 Å². The molecule has 0 bridgehead atoms. The van der Waals surface area contributed by atoms with Gasteiger partial charge in [0.25, 0.3) is 0 Å². The highest BCUT2D eigenvalue weighted by atomic mass is 32.2. The van der Waals surface area contributed by atoms with Gasteiger partial charge in [0.05, 0.1) is 61.6 Å². The van der Waals surface area contributed by atoms with Gasteiger partial charge in [-0.1, -0.05) is 0 Å². The molecule has 2 saturated heterocycles. The van der Waals surface area contributed by atoms with Crippen molar-refractivity contribution in [3.63, 3.8) is 0 Å². The average molecular weight is 342 g/mol. The molecule has 7 nitrogen and oxygen atoms in total. The van der Waals surface area contributed by atoms with Crippen molar-refractivity contribution >= 4 is 19.7 Å². The second kappa shape index (κ2) is 7.36. The van der Waals surface area contributed by atoms with E-state index in [0.29, 0.717) is 39.3 Å². The van der Waals surface area contributed by atoms with E-state index in [2.05, 4.69) is 0 Å². The molecule has 0 amide bonds. The van der Waals surface area contributed by atoms with E-state index >= 15 is 0 Å². The molecule has 2 rings (SSSR count). The Balaban J connectivity index is 1.44. The van der Waals surface area contributed by atoms with Gasteiger partial charge in [-0.25, -0.2) is 16.8 Å². The van der Waals surface area contributed by atoms with E-state index < -0.39 is 19.7 Å². The Labute approximate surface area is 125 Å². The highest BCUT2D eigenvalue weighted by Crippen LogP contribution is 2.15. The molecule has 0 aromatic carbocycles. The van der Waals surface area contributed by atoms with E-state index in [0.717, 1.165) is 0 Å². The van der Waals surface area contributed by atoms with Gasteiger partial charge < -0.3 is 14.2 Å². The molecular formula is C12H22O7S2. The Bertz CT molecular complexity index is 478. The van der Waals surface area contributed by atoms with Crippen LogP contribution in [-0.4, -0.2) is 78.5 Å². The van der Waals surface area contributed by atoms with E-state index in [4.69, 9.17) is 14.2 Å². The van der Waals surface area contributed by atoms with Crippen LogP contribution in [-0.2, 0) is 33.9 Å². The van der Waals surface area contributed by atoms with Crippen LogP contribution < -0.4 is 0 Å². The molecule has 0 N–H and O–H groups in total. The van der Waals surface area contributed by atoms with Crippen molar-refractivity contribution in [1.82, 2.24) is 0 Å². The van der Waals surface area contributed by atoms with Crippen LogP contribution in [0.3, 0.4) is 0 Å². The Morgan fingerprint density at radius 2 is 1.14 bits per heavy atom. The molecule has 2 aliphatic rings. The minimum absolute atomic E-state index is 0.103. The van der Waals surface area contributed by atoms with Crippen molar-refractivity contribution in [3.8, 4) is 0 Å². The molecular weight excluding hydrogens is 320 g/mol. The second-order valence-electron chi connectivity index (χ2n) is 5.40. The fourth-order valence-electron chi connectivity index (χ4n) is 2.43. The van der Waals surface area contributed by atoms with Crippen molar-refractivity contribution in [2.24, 2.45) is 0 Å². The van der Waals surface area contributed by atoms with E-state index in [1.807, 2.05) is 0 Å². The summed E-state index contributed by atoms with van der Waals surface area (Å²) in [7, 11) is -5.80. The summed E-state index contributed by atoms with van der Waals surface area (Å²) >= 11 is 0. The lowest BCUT2D eigenvalue weighted by molar-refractivity contribution is -0.0162. The highest BCUT2D eigenvalue weighted by molar-refractivity contribution is 7.91. The van der Waals surface area contributed by atoms with Gasteiger partial charge in [-0.15, -0.1) is 0 Å². The molecule has 0 saturated carbocycles. The molecule has 0 radical (unpaired) electrons. The SMILES string of the molecule is O=S1(=O)CC[C@H](OCCOCCO[C@H]2CCS(=O)(=O)C2)C1. The maximum atomic E-state index is 11.2. The predicted molar refractivity (Wildman–Crippen MR) is 76.8 cm³/mol. The second-order valence-corrected chi connectivity index (χ2v) is 9.86. The van der Waals surface area contributed by atoms with E-state index in [9.17, 15) is 16.8 Å². The van der Waals surface area contributed by atoms with E-state index in [1.165, 1.54) is 0 Å². The molecule has 0 unspecified atom stereocenters. The summed E-state index contributed by atoms with van der Waals surface area (Å²) < 4.78 is 61.0. The van der Waals surface area contributed by atoms with Gasteiger partial charge in [-0.2, -0.15) is 0 Å². The molecule has 21 heavy (non-hydrogen) atoms. The molecule has 9 heteroatoms. The van der Waals surface area contributed by atoms with Crippen molar-refractivity contribution in [1.29, 1.82) is 0 Å². The molecule has 0 aromatic rings. The summed E-state index contributed by atoms with van der Waals surface area (Å²) in [5, 5.41) is 0. The van der Waals surface area contributed by atoms with Gasteiger partial charge in [0.1, 0.15) is 0 Å². The Morgan fingerprint density at radius 1 is 0.714 bits per heavy atom. The summed E-state index contributed by atoms with van der Waals surface area (Å²) in [6.07, 6.45) is 0.695. The van der Waals surface area contributed by atoms with Crippen LogP contribution in [0.2, 0.25) is 0 Å². The molecule has 0 spiro atoms. The summed E-state index contributed by atoms with van der Waals surface area (Å²) in [4.78, 5) is 0. The van der Waals surface area contributed by atoms with Crippen LogP contribution in [0.25, 0.3) is 0 Å². The smallest absolute Gasteiger partial charge is 0.152 e. The zero-order chi connectivity index (χ0) is 15.3. The first kappa shape index (κ1) is 17.1. The van der Waals surface area contributed by atoms with Gasteiger partial charge in [0.2, 0.25) is 0 Å². The average Bonchev–Trinajstić information content (AvgIpc) is 2.90. The monoisotopic (exact) mass is 342 g/mol. The fourth-order valence-corrected chi connectivity index (χ4v) is 5.67. The van der Waals surface area contributed by atoms with Crippen LogP contribution in [0.5, 0.6) is 0 Å². The molecule has 2 aliphatic heterocycles. The molecule has 2 atom stereocenters. The molecule has 124 valence electrons. The maximum absolute atomic E-state index is 11.2. The highest BCUT2D eigenvalue weighted by Gasteiger charge is 2.29. The van der Waals surface area contributed by atoms with Crippen LogP contribution in [0, 0.1) is 0 Å². The standard InChI is InChI=1S/C12H22O7S2/c13-20(14)7-1-11(9-20)18-5-3-17-4-6-19-12-2-8-21(15,16)10-12/h11-12H,1-10H2/t11-,12-/m0/s1. The van der Waals surface area contributed by atoms with Gasteiger partial charge in [-0.05, 0) is 12.8 Å². The number of ether oxygens (including phenoxy) is 3. The van der Waals surface area contributed by atoms with E-state index in [-0.39, 0.29) is 35.2 Å². The lowest BCUT2D eigenvalue weighted by Gasteiger charge is -2.12. The minimum atomic E-state index is -2.90. The van der Waals surface area contributed by atoms with E-state index in [1.54, 1.807) is 0 Å². The van der Waals surface area contributed by atoms with Crippen LogP contribution >= 0.6 is 0 Å². The fraction of sp³-hybridized carbons (Fsp3) is 1.00. The summed E-state index contributed by atoms with van der Waals surface area (Å²) in [6, 6.07) is 0. The maximum Gasteiger partial charge on any atom is 0.152 e. The van der Waals surface area contributed by atoms with Crippen LogP contribution in [0.15, 0.2) is 0 Å². The third-order valence-corrected chi connectivity index (χ3v) is 7.02. The quantitative estimate of drug-likeness (QED) is 0.544. The van der Waals surface area contributed by atoms with Crippen molar-refractivity contribution < 1.29 is 31.0 Å². The van der Waals surface area contributed by atoms with Gasteiger partial charge in [0.15, 0.2) is 19.7 Å². The van der Waals surface area contributed by atoms with Crippen molar-refractivity contribution in [2.75, 3.05) is 49.4 Å². The Kier molecular flexibility index (Phi) is 6.01. The van der Waals surface area contributed by atoms with Crippen LogP contribution in [0.4, 0.5) is 0 Å². The minimum Gasteiger partial charge on any atom is -0.377 e. The Hall–Kier alpha value is -0.220. The Morgan fingerprint density at radius 3 is 1.48 bits per heavy atom. The third-order valence-electron chi connectivity index (χ3n) is 3.54. The number of hydrogen-bond acceptors (Lipinski definition) is 7. The normalized spacial score (nSPS) is 30.7. The lowest BCUT2D eigenvalue weighted by Crippen LogP contribution is -2.20. The largest absolute Gasteiger partial charge is 0.377 e. The first-order valence-corrected chi connectivity index (χ1v) is 10.7. The molecule has 2 fully saturated rings.